The van der Waals surface area contributed by atoms with Crippen LogP contribution in [-0.2, 0) is 21.4 Å². The van der Waals surface area contributed by atoms with Crippen molar-refractivity contribution in [2.45, 2.75) is 25.5 Å². The molecule has 35 heavy (non-hydrogen) atoms. The number of ether oxygens (including phenoxy) is 1. The van der Waals surface area contributed by atoms with Crippen LogP contribution in [0.3, 0.4) is 0 Å². The van der Waals surface area contributed by atoms with Crippen LogP contribution in [0.5, 0.6) is 0 Å². The molecule has 1 saturated heterocycles. The van der Waals surface area contributed by atoms with Crippen LogP contribution >= 0.6 is 34.5 Å². The van der Waals surface area contributed by atoms with Crippen LogP contribution in [0.2, 0.25) is 10.0 Å². The van der Waals surface area contributed by atoms with Crippen molar-refractivity contribution < 1.29 is 17.9 Å². The van der Waals surface area contributed by atoms with Crippen molar-refractivity contribution in [2.24, 2.45) is 0 Å². The zero-order valence-corrected chi connectivity index (χ0v) is 22.0. The Kier molecular flexibility index (Phi) is 8.05. The minimum absolute atomic E-state index is 0.111. The van der Waals surface area contributed by atoms with Crippen LogP contribution in [0, 0.1) is 0 Å². The van der Waals surface area contributed by atoms with E-state index in [0.717, 1.165) is 41.0 Å². The number of thiazole rings is 1. The molecule has 0 saturated carbocycles. The van der Waals surface area contributed by atoms with E-state index in [-0.39, 0.29) is 18.7 Å². The molecular weight excluding hydrogens is 531 g/mol. The molecule has 0 radical (unpaired) electrons. The molecule has 1 amide bonds. The van der Waals surface area contributed by atoms with Crippen molar-refractivity contribution in [3.63, 3.8) is 0 Å². The number of hydrogen-bond donors (Lipinski definition) is 2. The van der Waals surface area contributed by atoms with Gasteiger partial charge in [-0.1, -0.05) is 35.3 Å². The van der Waals surface area contributed by atoms with E-state index in [1.807, 2.05) is 11.4 Å². The number of rotatable bonds is 7. The number of piperidine rings is 1. The van der Waals surface area contributed by atoms with Crippen molar-refractivity contribution in [3.8, 4) is 11.3 Å². The molecule has 8 nitrogen and oxygen atoms in total. The Morgan fingerprint density at radius 1 is 1.17 bits per heavy atom. The van der Waals surface area contributed by atoms with Crippen LogP contribution in [0.4, 0.5) is 15.6 Å². The third kappa shape index (κ3) is 7.47. The average Bonchev–Trinajstić information content (AvgIpc) is 3.25. The van der Waals surface area contributed by atoms with E-state index < -0.39 is 10.0 Å². The predicted octanol–water partition coefficient (Wildman–Crippen LogP) is 5.70. The van der Waals surface area contributed by atoms with Gasteiger partial charge in [-0.3, -0.25) is 4.72 Å². The fraction of sp³-hybridized carbons (Fsp3) is 0.304. The number of sulfonamides is 1. The zero-order chi connectivity index (χ0) is 25.0. The highest BCUT2D eigenvalue weighted by Crippen LogP contribution is 2.28. The van der Waals surface area contributed by atoms with Gasteiger partial charge in [-0.15, -0.1) is 11.3 Å². The molecule has 2 heterocycles. The summed E-state index contributed by atoms with van der Waals surface area (Å²) in [5.74, 6) is 0. The predicted molar refractivity (Wildman–Crippen MR) is 141 cm³/mol. The molecule has 2 aromatic carbocycles. The highest BCUT2D eigenvalue weighted by Gasteiger charge is 2.24. The Morgan fingerprint density at radius 3 is 2.57 bits per heavy atom. The Bertz CT molecular complexity index is 1290. The van der Waals surface area contributed by atoms with Crippen LogP contribution in [-0.4, -0.2) is 49.8 Å². The quantitative estimate of drug-likeness (QED) is 0.388. The van der Waals surface area contributed by atoms with Gasteiger partial charge in [0.05, 0.1) is 11.9 Å². The summed E-state index contributed by atoms with van der Waals surface area (Å²) in [5.41, 5.74) is 2.81. The van der Waals surface area contributed by atoms with Gasteiger partial charge < -0.3 is 15.0 Å². The van der Waals surface area contributed by atoms with Crippen LogP contribution in [0.25, 0.3) is 11.3 Å². The standard InChI is InChI=1S/C23H24Cl2N4O4S2/c1-35(31,32)28-20-4-2-3-16(11-20)21-14-34-22(27-21)26-19-5-7-29(8-6-19)23(30)33-13-15-9-17(24)12-18(25)10-15/h2-4,9-12,14,19,28H,5-8,13H2,1H3,(H,26,27). The zero-order valence-electron chi connectivity index (χ0n) is 18.8. The van der Waals surface area contributed by atoms with Crippen molar-refractivity contribution >= 4 is 61.5 Å². The molecule has 0 unspecified atom stereocenters. The van der Waals surface area contributed by atoms with Crippen LogP contribution in [0.1, 0.15) is 18.4 Å². The van der Waals surface area contributed by atoms with Gasteiger partial charge in [0, 0.05) is 45.8 Å². The Hall–Kier alpha value is -2.53. The van der Waals surface area contributed by atoms with Crippen molar-refractivity contribution in [3.05, 3.63) is 63.5 Å². The number of likely N-dealkylation sites (tertiary alicyclic amines) is 1. The molecule has 0 atom stereocenters. The summed E-state index contributed by atoms with van der Waals surface area (Å²) in [6, 6.07) is 12.4. The van der Waals surface area contributed by atoms with Crippen molar-refractivity contribution in [2.75, 3.05) is 29.4 Å². The Labute approximate surface area is 218 Å². The SMILES string of the molecule is CS(=O)(=O)Nc1cccc(-c2csc(NC3CCN(C(=O)OCc4cc(Cl)cc(Cl)c4)CC3)n2)c1. The van der Waals surface area contributed by atoms with Gasteiger partial charge in [0.2, 0.25) is 10.0 Å². The average molecular weight is 556 g/mol. The van der Waals surface area contributed by atoms with Crippen LogP contribution in [0.15, 0.2) is 47.8 Å². The molecule has 1 aliphatic rings. The molecule has 4 rings (SSSR count). The first-order valence-corrected chi connectivity index (χ1v) is 14.3. The van der Waals surface area contributed by atoms with Gasteiger partial charge in [-0.05, 0) is 48.7 Å². The third-order valence-corrected chi connectivity index (χ3v) is 7.15. The Balaban J connectivity index is 1.27. The van der Waals surface area contributed by atoms with Crippen molar-refractivity contribution in [1.29, 1.82) is 0 Å². The monoisotopic (exact) mass is 554 g/mol. The summed E-state index contributed by atoms with van der Waals surface area (Å²) in [6.45, 7) is 1.26. The molecule has 1 aliphatic heterocycles. The lowest BCUT2D eigenvalue weighted by Crippen LogP contribution is -2.42. The number of carbonyl (C=O) groups is 1. The second-order valence-electron chi connectivity index (χ2n) is 8.23. The lowest BCUT2D eigenvalue weighted by molar-refractivity contribution is 0.0882. The fourth-order valence-electron chi connectivity index (χ4n) is 3.74. The third-order valence-electron chi connectivity index (χ3n) is 5.33. The first-order chi connectivity index (χ1) is 16.6. The maximum atomic E-state index is 12.4. The number of nitrogens with zero attached hydrogens (tertiary/aromatic N) is 2. The number of hydrogen-bond acceptors (Lipinski definition) is 7. The molecule has 0 bridgehead atoms. The summed E-state index contributed by atoms with van der Waals surface area (Å²) < 4.78 is 30.9. The van der Waals surface area contributed by atoms with Gasteiger partial charge in [0.15, 0.2) is 5.13 Å². The number of aromatic nitrogens is 1. The van der Waals surface area contributed by atoms with Gasteiger partial charge in [0.1, 0.15) is 6.61 Å². The summed E-state index contributed by atoms with van der Waals surface area (Å²) in [4.78, 5) is 18.8. The molecule has 2 N–H and O–H groups in total. The summed E-state index contributed by atoms with van der Waals surface area (Å²) in [7, 11) is -3.35. The van der Waals surface area contributed by atoms with Crippen LogP contribution < -0.4 is 10.0 Å². The van der Waals surface area contributed by atoms with Gasteiger partial charge in [-0.2, -0.15) is 0 Å². The lowest BCUT2D eigenvalue weighted by Gasteiger charge is -2.31. The smallest absolute Gasteiger partial charge is 0.410 e. The van der Waals surface area contributed by atoms with Gasteiger partial charge in [0.25, 0.3) is 0 Å². The maximum absolute atomic E-state index is 12.4. The first-order valence-electron chi connectivity index (χ1n) is 10.8. The topological polar surface area (TPSA) is 101 Å². The van der Waals surface area contributed by atoms with E-state index in [4.69, 9.17) is 27.9 Å². The van der Waals surface area contributed by atoms with E-state index in [1.54, 1.807) is 41.3 Å². The number of nitrogens with one attached hydrogen (secondary N) is 2. The second-order valence-corrected chi connectivity index (χ2v) is 11.7. The molecule has 186 valence electrons. The number of carbonyl (C=O) groups excluding carboxylic acids is 1. The van der Waals surface area contributed by atoms with E-state index in [1.165, 1.54) is 11.3 Å². The minimum atomic E-state index is -3.35. The molecule has 12 heteroatoms. The summed E-state index contributed by atoms with van der Waals surface area (Å²) in [6.07, 6.45) is 2.28. The second kappa shape index (κ2) is 11.0. The van der Waals surface area contributed by atoms with E-state index in [2.05, 4.69) is 15.0 Å². The van der Waals surface area contributed by atoms with E-state index in [0.29, 0.717) is 28.8 Å². The molecule has 3 aromatic rings. The summed E-state index contributed by atoms with van der Waals surface area (Å²) >= 11 is 13.5. The van der Waals surface area contributed by atoms with Gasteiger partial charge in [-0.25, -0.2) is 18.2 Å². The van der Waals surface area contributed by atoms with E-state index >= 15 is 0 Å². The van der Waals surface area contributed by atoms with E-state index in [9.17, 15) is 13.2 Å². The molecule has 0 spiro atoms. The number of amides is 1. The number of benzene rings is 2. The molecular formula is C23H24Cl2N4O4S2. The fourth-order valence-corrected chi connectivity index (χ4v) is 5.66. The summed E-state index contributed by atoms with van der Waals surface area (Å²) in [5, 5.41) is 7.14. The largest absolute Gasteiger partial charge is 0.445 e. The maximum Gasteiger partial charge on any atom is 0.410 e. The normalized spacial score (nSPS) is 14.5. The van der Waals surface area contributed by atoms with Crippen molar-refractivity contribution in [1.82, 2.24) is 9.88 Å². The molecule has 1 fully saturated rings. The highest BCUT2D eigenvalue weighted by atomic mass is 35.5. The lowest BCUT2D eigenvalue weighted by atomic mass is 10.1. The number of anilines is 2. The molecule has 1 aromatic heterocycles. The minimum Gasteiger partial charge on any atom is -0.445 e. The Morgan fingerprint density at radius 2 is 1.89 bits per heavy atom. The molecule has 0 aliphatic carbocycles. The van der Waals surface area contributed by atoms with Gasteiger partial charge >= 0.3 is 6.09 Å². The first kappa shape index (κ1) is 25.6. The highest BCUT2D eigenvalue weighted by molar-refractivity contribution is 7.92. The number of halogens is 2.